The van der Waals surface area contributed by atoms with Gasteiger partial charge in [0.2, 0.25) is 10.0 Å². The molecule has 146 valence electrons. The van der Waals surface area contributed by atoms with Gasteiger partial charge in [0.1, 0.15) is 4.90 Å². The van der Waals surface area contributed by atoms with E-state index in [4.69, 9.17) is 0 Å². The zero-order chi connectivity index (χ0) is 19.6. The quantitative estimate of drug-likeness (QED) is 0.600. The molecule has 7 heteroatoms. The van der Waals surface area contributed by atoms with Crippen LogP contribution in [0, 0.1) is 0 Å². The minimum atomic E-state index is -3.46. The van der Waals surface area contributed by atoms with Crippen LogP contribution in [0.5, 0.6) is 0 Å². The highest BCUT2D eigenvalue weighted by Gasteiger charge is 2.27. The van der Waals surface area contributed by atoms with Gasteiger partial charge < -0.3 is 4.90 Å². The van der Waals surface area contributed by atoms with Crippen molar-refractivity contribution in [1.29, 1.82) is 0 Å². The van der Waals surface area contributed by atoms with Crippen LogP contribution in [0.4, 0.5) is 0 Å². The van der Waals surface area contributed by atoms with E-state index in [-0.39, 0.29) is 4.90 Å². The minimum Gasteiger partial charge on any atom is -0.304 e. The Labute approximate surface area is 170 Å². The van der Waals surface area contributed by atoms with E-state index >= 15 is 0 Å². The predicted molar refractivity (Wildman–Crippen MR) is 114 cm³/mol. The Morgan fingerprint density at radius 1 is 0.964 bits per heavy atom. The fourth-order valence-corrected chi connectivity index (χ4v) is 5.57. The van der Waals surface area contributed by atoms with Gasteiger partial charge in [-0.2, -0.15) is 4.31 Å². The average molecular weight is 414 g/mol. The van der Waals surface area contributed by atoms with Crippen molar-refractivity contribution in [2.45, 2.75) is 15.7 Å². The van der Waals surface area contributed by atoms with Gasteiger partial charge in [-0.05, 0) is 35.5 Å². The molecule has 0 aliphatic carbocycles. The Morgan fingerprint density at radius 3 is 2.46 bits per heavy atom. The molecule has 5 nitrogen and oxygen atoms in total. The second-order valence-electron chi connectivity index (χ2n) is 6.97. The SMILES string of the molecule is CN1CCN(S(=O)(=O)c2ccc(SCc3cccc4ccccc34)nc2)CC1. The third-order valence-electron chi connectivity index (χ3n) is 5.06. The van der Waals surface area contributed by atoms with Crippen molar-refractivity contribution in [1.82, 2.24) is 14.2 Å². The van der Waals surface area contributed by atoms with Crippen LogP contribution in [0.25, 0.3) is 10.8 Å². The number of thioether (sulfide) groups is 1. The molecule has 1 saturated heterocycles. The maximum atomic E-state index is 12.8. The van der Waals surface area contributed by atoms with Crippen molar-refractivity contribution < 1.29 is 8.42 Å². The number of sulfonamides is 1. The molecule has 1 aliphatic rings. The third-order valence-corrected chi connectivity index (χ3v) is 7.94. The van der Waals surface area contributed by atoms with E-state index in [1.54, 1.807) is 28.2 Å². The summed E-state index contributed by atoms with van der Waals surface area (Å²) < 4.78 is 27.1. The van der Waals surface area contributed by atoms with Crippen LogP contribution < -0.4 is 0 Å². The van der Waals surface area contributed by atoms with Crippen LogP contribution in [-0.4, -0.2) is 55.8 Å². The van der Waals surface area contributed by atoms with Crippen LogP contribution in [0.2, 0.25) is 0 Å². The van der Waals surface area contributed by atoms with Crippen molar-refractivity contribution in [2.24, 2.45) is 0 Å². The molecular weight excluding hydrogens is 390 g/mol. The lowest BCUT2D eigenvalue weighted by Gasteiger charge is -2.31. The van der Waals surface area contributed by atoms with Crippen LogP contribution >= 0.6 is 11.8 Å². The summed E-state index contributed by atoms with van der Waals surface area (Å²) in [7, 11) is -1.46. The van der Waals surface area contributed by atoms with Gasteiger partial charge in [-0.25, -0.2) is 13.4 Å². The summed E-state index contributed by atoms with van der Waals surface area (Å²) in [4.78, 5) is 6.80. The third kappa shape index (κ3) is 4.07. The van der Waals surface area contributed by atoms with Gasteiger partial charge in [0.15, 0.2) is 0 Å². The van der Waals surface area contributed by atoms with Crippen molar-refractivity contribution in [3.63, 3.8) is 0 Å². The molecule has 2 aromatic carbocycles. The van der Waals surface area contributed by atoms with Gasteiger partial charge in [-0.3, -0.25) is 0 Å². The van der Waals surface area contributed by atoms with E-state index in [0.29, 0.717) is 13.1 Å². The van der Waals surface area contributed by atoms with E-state index in [2.05, 4.69) is 40.2 Å². The molecule has 1 aliphatic heterocycles. The zero-order valence-electron chi connectivity index (χ0n) is 15.8. The van der Waals surface area contributed by atoms with E-state index < -0.39 is 10.0 Å². The number of hydrogen-bond acceptors (Lipinski definition) is 5. The highest BCUT2D eigenvalue weighted by molar-refractivity contribution is 7.98. The highest BCUT2D eigenvalue weighted by atomic mass is 32.2. The summed E-state index contributed by atoms with van der Waals surface area (Å²) >= 11 is 1.62. The second-order valence-corrected chi connectivity index (χ2v) is 9.90. The molecule has 0 spiro atoms. The molecule has 0 amide bonds. The summed E-state index contributed by atoms with van der Waals surface area (Å²) in [6, 6.07) is 18.1. The normalized spacial score (nSPS) is 16.5. The largest absolute Gasteiger partial charge is 0.304 e. The molecule has 0 saturated carbocycles. The molecule has 28 heavy (non-hydrogen) atoms. The van der Waals surface area contributed by atoms with Gasteiger partial charge in [0.25, 0.3) is 0 Å². The standard InChI is InChI=1S/C21H23N3O2S2/c1-23-11-13-24(14-12-23)28(25,26)19-9-10-21(22-15-19)27-16-18-7-4-6-17-5-2-3-8-20(17)18/h2-10,15H,11-14,16H2,1H3. The smallest absolute Gasteiger partial charge is 0.244 e. The highest BCUT2D eigenvalue weighted by Crippen LogP contribution is 2.27. The molecule has 0 unspecified atom stereocenters. The van der Waals surface area contributed by atoms with E-state index in [0.717, 1.165) is 23.9 Å². The summed E-state index contributed by atoms with van der Waals surface area (Å²) in [6.07, 6.45) is 1.49. The maximum Gasteiger partial charge on any atom is 0.244 e. The number of likely N-dealkylation sites (N-methyl/N-ethyl adjacent to an activating group) is 1. The number of hydrogen-bond donors (Lipinski definition) is 0. The monoisotopic (exact) mass is 413 g/mol. The summed E-state index contributed by atoms with van der Waals surface area (Å²) in [5.41, 5.74) is 1.25. The topological polar surface area (TPSA) is 53.5 Å². The van der Waals surface area contributed by atoms with E-state index in [1.807, 2.05) is 19.2 Å². The van der Waals surface area contributed by atoms with Crippen LogP contribution in [0.3, 0.4) is 0 Å². The molecular formula is C21H23N3O2S2. The van der Waals surface area contributed by atoms with Gasteiger partial charge >= 0.3 is 0 Å². The molecule has 3 aromatic rings. The zero-order valence-corrected chi connectivity index (χ0v) is 17.4. The predicted octanol–water partition coefficient (Wildman–Crippen LogP) is 3.46. The first-order chi connectivity index (χ1) is 13.5. The first-order valence-electron chi connectivity index (χ1n) is 9.28. The Morgan fingerprint density at radius 2 is 1.71 bits per heavy atom. The first kappa shape index (κ1) is 19.4. The fourth-order valence-electron chi connectivity index (χ4n) is 3.35. The van der Waals surface area contributed by atoms with Gasteiger partial charge in [0, 0.05) is 38.1 Å². The average Bonchev–Trinajstić information content (AvgIpc) is 2.73. The molecule has 1 fully saturated rings. The summed E-state index contributed by atoms with van der Waals surface area (Å²) in [5.74, 6) is 0.791. The van der Waals surface area contributed by atoms with Crippen molar-refractivity contribution in [2.75, 3.05) is 33.2 Å². The molecule has 0 N–H and O–H groups in total. The Bertz CT molecular complexity index is 1060. The van der Waals surface area contributed by atoms with Crippen molar-refractivity contribution >= 4 is 32.6 Å². The van der Waals surface area contributed by atoms with Gasteiger partial charge in [0.05, 0.1) is 5.03 Å². The number of benzene rings is 2. The number of nitrogens with zero attached hydrogens (tertiary/aromatic N) is 3. The number of fused-ring (bicyclic) bond motifs is 1. The molecule has 2 heterocycles. The lowest BCUT2D eigenvalue weighted by Crippen LogP contribution is -2.47. The summed E-state index contributed by atoms with van der Waals surface area (Å²) in [5, 5.41) is 3.29. The second kappa shape index (κ2) is 8.21. The Hall–Kier alpha value is -1.93. The summed E-state index contributed by atoms with van der Waals surface area (Å²) in [6.45, 7) is 2.56. The number of aromatic nitrogens is 1. The number of pyridine rings is 1. The van der Waals surface area contributed by atoms with Crippen LogP contribution in [-0.2, 0) is 15.8 Å². The minimum absolute atomic E-state index is 0.270. The van der Waals surface area contributed by atoms with Crippen molar-refractivity contribution in [3.05, 3.63) is 66.4 Å². The molecule has 0 bridgehead atoms. The Balaban J connectivity index is 1.46. The molecule has 4 rings (SSSR count). The van der Waals surface area contributed by atoms with Gasteiger partial charge in [-0.1, -0.05) is 42.5 Å². The van der Waals surface area contributed by atoms with Crippen molar-refractivity contribution in [3.8, 4) is 0 Å². The number of rotatable bonds is 5. The number of piperazine rings is 1. The first-order valence-corrected chi connectivity index (χ1v) is 11.7. The molecule has 0 radical (unpaired) electrons. The molecule has 0 atom stereocenters. The lowest BCUT2D eigenvalue weighted by atomic mass is 10.1. The van der Waals surface area contributed by atoms with E-state index in [9.17, 15) is 8.42 Å². The lowest BCUT2D eigenvalue weighted by molar-refractivity contribution is 0.222. The fraction of sp³-hybridized carbons (Fsp3) is 0.286. The van der Waals surface area contributed by atoms with Crippen LogP contribution in [0.1, 0.15) is 5.56 Å². The Kier molecular flexibility index (Phi) is 5.68. The van der Waals surface area contributed by atoms with Crippen LogP contribution in [0.15, 0.2) is 70.7 Å². The van der Waals surface area contributed by atoms with E-state index in [1.165, 1.54) is 22.5 Å². The maximum absolute atomic E-state index is 12.8. The van der Waals surface area contributed by atoms with Gasteiger partial charge in [-0.15, -0.1) is 11.8 Å². The molecule has 1 aromatic heterocycles.